The van der Waals surface area contributed by atoms with Crippen molar-refractivity contribution in [3.63, 3.8) is 0 Å². The molecule has 1 saturated heterocycles. The van der Waals surface area contributed by atoms with Gasteiger partial charge in [0.05, 0.1) is 6.54 Å². The lowest BCUT2D eigenvalue weighted by molar-refractivity contribution is -0.138. The number of carbonyl (C=O) groups excluding carboxylic acids is 2. The molecule has 0 bridgehead atoms. The number of nitrogens with zero attached hydrogens (tertiary/aromatic N) is 1. The fourth-order valence-electron chi connectivity index (χ4n) is 2.21. The molecule has 0 aromatic rings. The molecule has 20 heavy (non-hydrogen) atoms. The van der Waals surface area contributed by atoms with Crippen molar-refractivity contribution in [3.05, 3.63) is 0 Å². The zero-order chi connectivity index (χ0) is 15.3. The molecule has 3 amide bonds. The molecule has 0 aliphatic carbocycles. The Morgan fingerprint density at radius 3 is 2.50 bits per heavy atom. The molecule has 0 spiro atoms. The fourth-order valence-corrected chi connectivity index (χ4v) is 2.21. The average Bonchev–Trinajstić information content (AvgIpc) is 2.60. The monoisotopic (exact) mass is 285 g/mol. The first kappa shape index (κ1) is 16.4. The van der Waals surface area contributed by atoms with Crippen LogP contribution in [0.15, 0.2) is 0 Å². The predicted molar refractivity (Wildman–Crippen MR) is 73.2 cm³/mol. The minimum Gasteiger partial charge on any atom is -0.481 e. The zero-order valence-electron chi connectivity index (χ0n) is 12.2. The number of likely N-dealkylation sites (tertiary alicyclic amines) is 1. The molecule has 0 aromatic carbocycles. The van der Waals surface area contributed by atoms with Crippen molar-refractivity contribution in [3.8, 4) is 0 Å². The van der Waals surface area contributed by atoms with Gasteiger partial charge >= 0.3 is 12.0 Å². The number of aliphatic carboxylic acids is 1. The number of imide groups is 1. The van der Waals surface area contributed by atoms with E-state index in [4.69, 9.17) is 5.11 Å². The Morgan fingerprint density at radius 2 is 1.95 bits per heavy atom. The van der Waals surface area contributed by atoms with Gasteiger partial charge in [-0.15, -0.1) is 0 Å². The SMILES string of the molecule is CC(C)(C)NC(=O)NC(=O)CN1CCC(CC(=O)O)C1. The van der Waals surface area contributed by atoms with E-state index in [1.165, 1.54) is 0 Å². The Hall–Kier alpha value is -1.63. The molecule has 1 aliphatic heterocycles. The Bertz CT molecular complexity index is 390. The van der Waals surface area contributed by atoms with Gasteiger partial charge < -0.3 is 10.4 Å². The van der Waals surface area contributed by atoms with Gasteiger partial charge in [-0.05, 0) is 39.7 Å². The Labute approximate surface area is 118 Å². The third-order valence-corrected chi connectivity index (χ3v) is 2.94. The molecule has 114 valence electrons. The Balaban J connectivity index is 2.30. The minimum absolute atomic E-state index is 0.0868. The van der Waals surface area contributed by atoms with Crippen LogP contribution in [0.2, 0.25) is 0 Å². The van der Waals surface area contributed by atoms with E-state index in [-0.39, 0.29) is 24.8 Å². The molecule has 7 nitrogen and oxygen atoms in total. The molecular formula is C13H23N3O4. The van der Waals surface area contributed by atoms with E-state index < -0.39 is 17.5 Å². The van der Waals surface area contributed by atoms with Crippen molar-refractivity contribution >= 4 is 17.9 Å². The molecule has 3 N–H and O–H groups in total. The van der Waals surface area contributed by atoms with E-state index in [0.29, 0.717) is 13.1 Å². The lowest BCUT2D eigenvalue weighted by Crippen LogP contribution is -2.50. The lowest BCUT2D eigenvalue weighted by atomic mass is 10.1. The van der Waals surface area contributed by atoms with Crippen molar-refractivity contribution in [2.45, 2.75) is 39.2 Å². The maximum atomic E-state index is 11.7. The maximum absolute atomic E-state index is 11.7. The van der Waals surface area contributed by atoms with Crippen LogP contribution in [0.3, 0.4) is 0 Å². The second kappa shape index (κ2) is 6.69. The number of urea groups is 1. The second-order valence-corrected chi connectivity index (χ2v) is 6.24. The number of carboxylic acids is 1. The highest BCUT2D eigenvalue weighted by molar-refractivity contribution is 5.95. The highest BCUT2D eigenvalue weighted by Gasteiger charge is 2.26. The second-order valence-electron chi connectivity index (χ2n) is 6.24. The molecule has 7 heteroatoms. The van der Waals surface area contributed by atoms with Gasteiger partial charge in [0, 0.05) is 18.5 Å². The van der Waals surface area contributed by atoms with Crippen LogP contribution in [0.5, 0.6) is 0 Å². The van der Waals surface area contributed by atoms with Crippen LogP contribution in [-0.2, 0) is 9.59 Å². The highest BCUT2D eigenvalue weighted by Crippen LogP contribution is 2.18. The van der Waals surface area contributed by atoms with Gasteiger partial charge in [-0.3, -0.25) is 19.8 Å². The summed E-state index contributed by atoms with van der Waals surface area (Å²) in [5.41, 5.74) is -0.398. The summed E-state index contributed by atoms with van der Waals surface area (Å²) in [7, 11) is 0. The Morgan fingerprint density at radius 1 is 1.30 bits per heavy atom. The van der Waals surface area contributed by atoms with E-state index in [1.807, 2.05) is 25.7 Å². The average molecular weight is 285 g/mol. The molecule has 1 unspecified atom stereocenters. The van der Waals surface area contributed by atoms with Gasteiger partial charge in [0.15, 0.2) is 0 Å². The van der Waals surface area contributed by atoms with Gasteiger partial charge in [-0.2, -0.15) is 0 Å². The van der Waals surface area contributed by atoms with Crippen LogP contribution in [0.4, 0.5) is 4.79 Å². The van der Waals surface area contributed by atoms with E-state index in [0.717, 1.165) is 6.42 Å². The largest absolute Gasteiger partial charge is 0.481 e. The summed E-state index contributed by atoms with van der Waals surface area (Å²) >= 11 is 0. The number of amides is 3. The lowest BCUT2D eigenvalue weighted by Gasteiger charge is -2.21. The van der Waals surface area contributed by atoms with Crippen LogP contribution in [-0.4, -0.2) is 53.1 Å². The van der Waals surface area contributed by atoms with E-state index in [2.05, 4.69) is 10.6 Å². The maximum Gasteiger partial charge on any atom is 0.321 e. The number of hydrogen-bond donors (Lipinski definition) is 3. The summed E-state index contributed by atoms with van der Waals surface area (Å²) in [6.45, 7) is 6.87. The molecule has 1 aliphatic rings. The molecule has 1 fully saturated rings. The normalized spacial score (nSPS) is 19.6. The van der Waals surface area contributed by atoms with Crippen molar-refractivity contribution < 1.29 is 19.5 Å². The van der Waals surface area contributed by atoms with Crippen molar-refractivity contribution in [1.29, 1.82) is 0 Å². The van der Waals surface area contributed by atoms with Crippen LogP contribution < -0.4 is 10.6 Å². The molecule has 0 radical (unpaired) electrons. The third kappa shape index (κ3) is 6.51. The summed E-state index contributed by atoms with van der Waals surface area (Å²) in [6, 6.07) is -0.510. The first-order valence-corrected chi connectivity index (χ1v) is 6.72. The van der Waals surface area contributed by atoms with Crippen LogP contribution in [0, 0.1) is 5.92 Å². The Kier molecular flexibility index (Phi) is 5.50. The van der Waals surface area contributed by atoms with Crippen LogP contribution in [0.25, 0.3) is 0 Å². The summed E-state index contributed by atoms with van der Waals surface area (Å²) in [6.07, 6.45) is 0.899. The summed E-state index contributed by atoms with van der Waals surface area (Å²) in [4.78, 5) is 35.7. The standard InChI is InChI=1S/C13H23N3O4/c1-13(2,3)15-12(20)14-10(17)8-16-5-4-9(7-16)6-11(18)19/h9H,4-8H2,1-3H3,(H,18,19)(H2,14,15,17,20). The van der Waals surface area contributed by atoms with Crippen molar-refractivity contribution in [1.82, 2.24) is 15.5 Å². The van der Waals surface area contributed by atoms with E-state index >= 15 is 0 Å². The zero-order valence-corrected chi connectivity index (χ0v) is 12.2. The molecular weight excluding hydrogens is 262 g/mol. The predicted octanol–water partition coefficient (Wildman–Crippen LogP) is 0.407. The summed E-state index contributed by atoms with van der Waals surface area (Å²) in [5.74, 6) is -1.10. The van der Waals surface area contributed by atoms with Crippen LogP contribution in [0.1, 0.15) is 33.6 Å². The molecule has 1 atom stereocenters. The number of rotatable bonds is 4. The molecule has 0 saturated carbocycles. The van der Waals surface area contributed by atoms with Gasteiger partial charge in [-0.25, -0.2) is 4.79 Å². The van der Waals surface area contributed by atoms with Crippen LogP contribution >= 0.6 is 0 Å². The van der Waals surface area contributed by atoms with E-state index in [1.54, 1.807) is 0 Å². The number of carbonyl (C=O) groups is 3. The van der Waals surface area contributed by atoms with Gasteiger partial charge in [0.2, 0.25) is 5.91 Å². The van der Waals surface area contributed by atoms with Crippen molar-refractivity contribution in [2.24, 2.45) is 5.92 Å². The third-order valence-electron chi connectivity index (χ3n) is 2.94. The van der Waals surface area contributed by atoms with E-state index in [9.17, 15) is 14.4 Å². The first-order chi connectivity index (χ1) is 9.15. The number of nitrogens with one attached hydrogen (secondary N) is 2. The summed E-state index contributed by atoms with van der Waals surface area (Å²) < 4.78 is 0. The quantitative estimate of drug-likeness (QED) is 0.695. The summed E-state index contributed by atoms with van der Waals surface area (Å²) in [5, 5.41) is 13.6. The van der Waals surface area contributed by atoms with Gasteiger partial charge in [-0.1, -0.05) is 0 Å². The molecule has 1 rings (SSSR count). The van der Waals surface area contributed by atoms with Crippen molar-refractivity contribution in [2.75, 3.05) is 19.6 Å². The smallest absolute Gasteiger partial charge is 0.321 e. The fraction of sp³-hybridized carbons (Fsp3) is 0.769. The molecule has 1 heterocycles. The first-order valence-electron chi connectivity index (χ1n) is 6.72. The topological polar surface area (TPSA) is 98.7 Å². The van der Waals surface area contributed by atoms with Gasteiger partial charge in [0.25, 0.3) is 0 Å². The number of carboxylic acid groups (broad SMARTS) is 1. The number of hydrogen-bond acceptors (Lipinski definition) is 4. The van der Waals surface area contributed by atoms with Gasteiger partial charge in [0.1, 0.15) is 0 Å². The molecule has 0 aromatic heterocycles. The minimum atomic E-state index is -0.814. The highest BCUT2D eigenvalue weighted by atomic mass is 16.4.